The molecule has 0 saturated carbocycles. The summed E-state index contributed by atoms with van der Waals surface area (Å²) in [5.41, 5.74) is 5.17. The number of nitro benzene ring substituents is 1. The minimum absolute atomic E-state index is 0.0609. The Hall–Kier alpha value is -1.60. The van der Waals surface area contributed by atoms with E-state index < -0.39 is 12.0 Å². The zero-order valence-corrected chi connectivity index (χ0v) is 6.54. The average Bonchev–Trinajstić information content (AvgIpc) is 2.04. The molecule has 0 aromatic heterocycles. The summed E-state index contributed by atoms with van der Waals surface area (Å²) in [6.07, 6.45) is 0. The van der Waals surface area contributed by atoms with Crippen LogP contribution in [0.4, 0.5) is 11.4 Å². The lowest BCUT2D eigenvalue weighted by Gasteiger charge is -2.02. The Morgan fingerprint density at radius 1 is 1.46 bits per heavy atom. The average molecular weight is 182 g/mol. The Balaban J connectivity index is 3.19. The van der Waals surface area contributed by atoms with Crippen LogP contribution in [0.15, 0.2) is 18.2 Å². The summed E-state index contributed by atoms with van der Waals surface area (Å²) in [7, 11) is -1.79. The number of anilines is 1. The highest BCUT2D eigenvalue weighted by Gasteiger charge is 2.18. The van der Waals surface area contributed by atoms with Gasteiger partial charge in [0, 0.05) is 23.3 Å². The van der Waals surface area contributed by atoms with Gasteiger partial charge in [-0.25, -0.2) is 0 Å². The topological polar surface area (TPSA) is 110 Å². The zero-order chi connectivity index (χ0) is 10.0. The normalized spacial score (nSPS) is 9.69. The van der Waals surface area contributed by atoms with Gasteiger partial charge in [-0.2, -0.15) is 0 Å². The van der Waals surface area contributed by atoms with Crippen molar-refractivity contribution in [3.05, 3.63) is 28.3 Å². The molecule has 0 saturated heterocycles. The van der Waals surface area contributed by atoms with Gasteiger partial charge in [-0.3, -0.25) is 10.1 Å². The summed E-state index contributed by atoms with van der Waals surface area (Å²) in [6, 6.07) is 3.48. The van der Waals surface area contributed by atoms with Crippen LogP contribution in [-0.2, 0) is 0 Å². The summed E-state index contributed by atoms with van der Waals surface area (Å²) in [5.74, 6) is 0. The smallest absolute Gasteiger partial charge is 0.423 e. The van der Waals surface area contributed by atoms with E-state index in [4.69, 9.17) is 15.8 Å². The molecule has 6 nitrogen and oxygen atoms in total. The van der Waals surface area contributed by atoms with Gasteiger partial charge in [-0.05, 0) is 6.07 Å². The van der Waals surface area contributed by atoms with Crippen LogP contribution in [0.3, 0.4) is 0 Å². The molecule has 0 spiro atoms. The number of nitrogens with two attached hydrogens (primary N) is 1. The van der Waals surface area contributed by atoms with E-state index in [-0.39, 0.29) is 16.8 Å². The predicted octanol–water partition coefficient (Wildman–Crippen LogP) is -1.14. The molecule has 0 aliphatic heterocycles. The number of nitrogens with zero attached hydrogens (tertiary/aromatic N) is 1. The van der Waals surface area contributed by atoms with Crippen LogP contribution in [0.5, 0.6) is 0 Å². The number of hydrogen-bond donors (Lipinski definition) is 3. The molecule has 1 aromatic carbocycles. The van der Waals surface area contributed by atoms with E-state index in [9.17, 15) is 10.1 Å². The maximum Gasteiger partial charge on any atom is 0.490 e. The molecule has 0 unspecified atom stereocenters. The number of nitrogen functional groups attached to an aromatic ring is 1. The number of nitro groups is 1. The monoisotopic (exact) mass is 182 g/mol. The zero-order valence-electron chi connectivity index (χ0n) is 6.54. The first-order valence-corrected chi connectivity index (χ1v) is 3.42. The Bertz CT molecular complexity index is 341. The van der Waals surface area contributed by atoms with Crippen molar-refractivity contribution in [1.82, 2.24) is 0 Å². The van der Waals surface area contributed by atoms with Gasteiger partial charge < -0.3 is 15.8 Å². The van der Waals surface area contributed by atoms with E-state index in [1.807, 2.05) is 0 Å². The van der Waals surface area contributed by atoms with Gasteiger partial charge in [-0.15, -0.1) is 0 Å². The molecule has 68 valence electrons. The molecular formula is C6H7BN2O4. The fourth-order valence-corrected chi connectivity index (χ4v) is 0.899. The Morgan fingerprint density at radius 2 is 2.08 bits per heavy atom. The van der Waals surface area contributed by atoms with Crippen molar-refractivity contribution in [2.75, 3.05) is 5.73 Å². The molecular weight excluding hydrogens is 175 g/mol. The highest BCUT2D eigenvalue weighted by molar-refractivity contribution is 6.60. The molecule has 0 heterocycles. The van der Waals surface area contributed by atoms with Gasteiger partial charge in [0.05, 0.1) is 4.92 Å². The van der Waals surface area contributed by atoms with Gasteiger partial charge in [-0.1, -0.05) is 0 Å². The molecule has 0 radical (unpaired) electrons. The molecule has 0 aliphatic carbocycles. The maximum absolute atomic E-state index is 10.3. The first-order chi connectivity index (χ1) is 6.02. The van der Waals surface area contributed by atoms with Crippen molar-refractivity contribution in [2.45, 2.75) is 0 Å². The van der Waals surface area contributed by atoms with Crippen LogP contribution < -0.4 is 11.2 Å². The molecule has 1 aromatic rings. The fourth-order valence-electron chi connectivity index (χ4n) is 0.899. The number of rotatable bonds is 2. The lowest BCUT2D eigenvalue weighted by atomic mass is 9.79. The molecule has 13 heavy (non-hydrogen) atoms. The quantitative estimate of drug-likeness (QED) is 0.231. The van der Waals surface area contributed by atoms with Crippen LogP contribution in [-0.4, -0.2) is 22.1 Å². The molecule has 7 heteroatoms. The summed E-state index contributed by atoms with van der Waals surface area (Å²) in [6.45, 7) is 0. The summed E-state index contributed by atoms with van der Waals surface area (Å²) < 4.78 is 0. The second-order valence-corrected chi connectivity index (χ2v) is 2.44. The van der Waals surface area contributed by atoms with Crippen LogP contribution in [0, 0.1) is 10.1 Å². The third kappa shape index (κ3) is 1.95. The Labute approximate surface area is 73.9 Å². The number of hydrogen-bond acceptors (Lipinski definition) is 5. The van der Waals surface area contributed by atoms with E-state index in [2.05, 4.69) is 0 Å². The van der Waals surface area contributed by atoms with Gasteiger partial charge in [0.25, 0.3) is 5.69 Å². The summed E-state index contributed by atoms with van der Waals surface area (Å²) in [5, 5.41) is 27.8. The van der Waals surface area contributed by atoms with E-state index in [1.165, 1.54) is 12.1 Å². The maximum atomic E-state index is 10.3. The third-order valence-corrected chi connectivity index (χ3v) is 1.56. The first-order valence-electron chi connectivity index (χ1n) is 3.42. The Kier molecular flexibility index (Phi) is 2.50. The van der Waals surface area contributed by atoms with Crippen LogP contribution in [0.25, 0.3) is 0 Å². The van der Waals surface area contributed by atoms with Crippen molar-refractivity contribution in [3.63, 3.8) is 0 Å². The second kappa shape index (κ2) is 3.42. The molecule has 4 N–H and O–H groups in total. The second-order valence-electron chi connectivity index (χ2n) is 2.44. The number of benzene rings is 1. The number of non-ortho nitro benzene ring substituents is 1. The van der Waals surface area contributed by atoms with Crippen molar-refractivity contribution >= 4 is 24.0 Å². The van der Waals surface area contributed by atoms with Crippen LogP contribution in [0.1, 0.15) is 0 Å². The van der Waals surface area contributed by atoms with Crippen molar-refractivity contribution in [1.29, 1.82) is 0 Å². The van der Waals surface area contributed by atoms with Gasteiger partial charge in [0.2, 0.25) is 0 Å². The van der Waals surface area contributed by atoms with E-state index in [0.29, 0.717) is 0 Å². The highest BCUT2D eigenvalue weighted by Crippen LogP contribution is 2.11. The molecule has 0 fully saturated rings. The lowest BCUT2D eigenvalue weighted by Crippen LogP contribution is -2.32. The SMILES string of the molecule is Nc1ccc([N+](=O)[O-])cc1B(O)O. The van der Waals surface area contributed by atoms with Crippen molar-refractivity contribution in [2.24, 2.45) is 0 Å². The largest absolute Gasteiger partial charge is 0.490 e. The molecule has 1 rings (SSSR count). The predicted molar refractivity (Wildman–Crippen MR) is 47.3 cm³/mol. The summed E-state index contributed by atoms with van der Waals surface area (Å²) in [4.78, 5) is 9.65. The van der Waals surface area contributed by atoms with E-state index in [1.54, 1.807) is 0 Å². The first kappa shape index (κ1) is 9.49. The van der Waals surface area contributed by atoms with Gasteiger partial charge >= 0.3 is 7.12 Å². The van der Waals surface area contributed by atoms with E-state index in [0.717, 1.165) is 6.07 Å². The Morgan fingerprint density at radius 3 is 2.54 bits per heavy atom. The van der Waals surface area contributed by atoms with Gasteiger partial charge in [0.1, 0.15) is 0 Å². The molecule has 0 bridgehead atoms. The standard InChI is InChI=1S/C6H7BN2O4/c8-6-2-1-4(9(12)13)3-5(6)7(10)11/h1-3,10-11H,8H2. The van der Waals surface area contributed by atoms with Crippen LogP contribution >= 0.6 is 0 Å². The van der Waals surface area contributed by atoms with Crippen LogP contribution in [0.2, 0.25) is 0 Å². The lowest BCUT2D eigenvalue weighted by molar-refractivity contribution is -0.384. The molecule has 0 amide bonds. The third-order valence-electron chi connectivity index (χ3n) is 1.56. The van der Waals surface area contributed by atoms with Crippen molar-refractivity contribution in [3.8, 4) is 0 Å². The van der Waals surface area contributed by atoms with Crippen molar-refractivity contribution < 1.29 is 15.0 Å². The van der Waals surface area contributed by atoms with E-state index >= 15 is 0 Å². The summed E-state index contributed by atoms with van der Waals surface area (Å²) >= 11 is 0. The minimum atomic E-state index is -1.79. The highest BCUT2D eigenvalue weighted by atomic mass is 16.6. The fraction of sp³-hybridized carbons (Fsp3) is 0. The van der Waals surface area contributed by atoms with Gasteiger partial charge in [0.15, 0.2) is 0 Å². The molecule has 0 aliphatic rings. The minimum Gasteiger partial charge on any atom is -0.423 e. The molecule has 0 atom stereocenters.